The number of guanidine groups is 1. The molecule has 27 heavy (non-hydrogen) atoms. The Balaban J connectivity index is 0.00000210. The van der Waals surface area contributed by atoms with Crippen molar-refractivity contribution in [1.82, 2.24) is 25.0 Å². The van der Waals surface area contributed by atoms with Gasteiger partial charge in [-0.3, -0.25) is 4.57 Å². The molecule has 1 N–H and O–H groups in total. The first-order valence-corrected chi connectivity index (χ1v) is 9.35. The van der Waals surface area contributed by atoms with Crippen molar-refractivity contribution in [1.29, 1.82) is 0 Å². The average molecular weight is 482 g/mol. The Kier molecular flexibility index (Phi) is 6.69. The van der Waals surface area contributed by atoms with Gasteiger partial charge in [-0.05, 0) is 31.9 Å². The molecule has 2 aromatic rings. The molecule has 146 valence electrons. The monoisotopic (exact) mass is 482 g/mol. The summed E-state index contributed by atoms with van der Waals surface area (Å²) in [5.41, 5.74) is 1.37. The fraction of sp³-hybridized carbons (Fsp3) is 0.526. The first kappa shape index (κ1) is 20.1. The number of nitrogens with one attached hydrogen (secondary N) is 1. The quantitative estimate of drug-likeness (QED) is 0.412. The van der Waals surface area contributed by atoms with E-state index in [1.165, 1.54) is 6.42 Å². The second kappa shape index (κ2) is 9.01. The number of benzene rings is 1. The molecule has 1 aromatic heterocycles. The van der Waals surface area contributed by atoms with E-state index in [-0.39, 0.29) is 24.0 Å². The maximum atomic E-state index is 5.65. The number of aliphatic imine (C=N–C) groups is 1. The third-order valence-electron chi connectivity index (χ3n) is 5.28. The fourth-order valence-electron chi connectivity index (χ4n) is 3.83. The molecule has 8 heteroatoms. The molecular formula is C19H27IN6O. The second-order valence-corrected chi connectivity index (χ2v) is 7.10. The minimum Gasteiger partial charge on any atom is -0.381 e. The number of ether oxygens (including phenoxy) is 1. The predicted octanol–water partition coefficient (Wildman–Crippen LogP) is 2.46. The first-order chi connectivity index (χ1) is 12.8. The minimum atomic E-state index is 0. The van der Waals surface area contributed by atoms with Crippen molar-refractivity contribution >= 4 is 29.9 Å². The van der Waals surface area contributed by atoms with Crippen molar-refractivity contribution in [3.63, 3.8) is 0 Å². The zero-order valence-corrected chi connectivity index (χ0v) is 18.0. The van der Waals surface area contributed by atoms with Crippen molar-refractivity contribution in [2.24, 2.45) is 10.4 Å². The lowest BCUT2D eigenvalue weighted by atomic mass is 9.87. The van der Waals surface area contributed by atoms with E-state index in [4.69, 9.17) is 9.73 Å². The molecule has 1 aromatic carbocycles. The summed E-state index contributed by atoms with van der Waals surface area (Å²) in [5.74, 6) is 1.79. The highest BCUT2D eigenvalue weighted by atomic mass is 127. The van der Waals surface area contributed by atoms with Crippen molar-refractivity contribution in [3.8, 4) is 5.69 Å². The van der Waals surface area contributed by atoms with Gasteiger partial charge < -0.3 is 15.0 Å². The maximum Gasteiger partial charge on any atom is 0.194 e. The van der Waals surface area contributed by atoms with E-state index in [0.29, 0.717) is 12.0 Å². The van der Waals surface area contributed by atoms with Gasteiger partial charge >= 0.3 is 0 Å². The maximum absolute atomic E-state index is 5.65. The minimum absolute atomic E-state index is 0. The van der Waals surface area contributed by atoms with Gasteiger partial charge in [0.1, 0.15) is 12.9 Å². The topological polar surface area (TPSA) is 67.6 Å². The predicted molar refractivity (Wildman–Crippen MR) is 116 cm³/mol. The van der Waals surface area contributed by atoms with Gasteiger partial charge in [0.15, 0.2) is 11.8 Å². The molecule has 7 nitrogen and oxygen atoms in total. The SMILES string of the molecule is CCNC(=NCc1nncn1-c1ccccc1)N1CCC2(CCOC2)C1.I. The lowest BCUT2D eigenvalue weighted by Crippen LogP contribution is -2.41. The summed E-state index contributed by atoms with van der Waals surface area (Å²) < 4.78 is 7.63. The van der Waals surface area contributed by atoms with Crippen LogP contribution >= 0.6 is 24.0 Å². The van der Waals surface area contributed by atoms with Crippen LogP contribution in [0.2, 0.25) is 0 Å². The zero-order chi connectivity index (χ0) is 17.8. The number of rotatable bonds is 4. The second-order valence-electron chi connectivity index (χ2n) is 7.10. The Morgan fingerprint density at radius 1 is 1.30 bits per heavy atom. The van der Waals surface area contributed by atoms with Gasteiger partial charge in [-0.2, -0.15) is 0 Å². The number of halogens is 1. The molecule has 2 aliphatic heterocycles. The van der Waals surface area contributed by atoms with Gasteiger partial charge in [-0.15, -0.1) is 34.2 Å². The van der Waals surface area contributed by atoms with Gasteiger partial charge in [0.2, 0.25) is 0 Å². The summed E-state index contributed by atoms with van der Waals surface area (Å²) >= 11 is 0. The Bertz CT molecular complexity index is 757. The lowest BCUT2D eigenvalue weighted by molar-refractivity contribution is 0.156. The molecule has 2 saturated heterocycles. The molecule has 0 radical (unpaired) electrons. The van der Waals surface area contributed by atoms with Crippen molar-refractivity contribution in [2.75, 3.05) is 32.8 Å². The molecule has 0 amide bonds. The zero-order valence-electron chi connectivity index (χ0n) is 15.7. The van der Waals surface area contributed by atoms with Gasteiger partial charge in [0.05, 0.1) is 6.61 Å². The fourth-order valence-corrected chi connectivity index (χ4v) is 3.83. The smallest absolute Gasteiger partial charge is 0.194 e. The van der Waals surface area contributed by atoms with Gasteiger partial charge in [0.25, 0.3) is 0 Å². The van der Waals surface area contributed by atoms with Crippen molar-refractivity contribution in [2.45, 2.75) is 26.3 Å². The number of likely N-dealkylation sites (tertiary alicyclic amines) is 1. The Hall–Kier alpha value is -1.68. The van der Waals surface area contributed by atoms with Crippen molar-refractivity contribution < 1.29 is 4.74 Å². The number of para-hydroxylation sites is 1. The molecule has 4 rings (SSSR count). The van der Waals surface area contributed by atoms with E-state index >= 15 is 0 Å². The highest BCUT2D eigenvalue weighted by molar-refractivity contribution is 14.0. The number of nitrogens with zero attached hydrogens (tertiary/aromatic N) is 5. The summed E-state index contributed by atoms with van der Waals surface area (Å²) in [5, 5.41) is 11.8. The van der Waals surface area contributed by atoms with Crippen LogP contribution in [0.25, 0.3) is 5.69 Å². The first-order valence-electron chi connectivity index (χ1n) is 9.35. The van der Waals surface area contributed by atoms with Crippen LogP contribution in [0.3, 0.4) is 0 Å². The van der Waals surface area contributed by atoms with E-state index < -0.39 is 0 Å². The highest BCUT2D eigenvalue weighted by Gasteiger charge is 2.42. The van der Waals surface area contributed by atoms with E-state index in [1.807, 2.05) is 34.9 Å². The molecule has 1 unspecified atom stereocenters. The average Bonchev–Trinajstić information content (AvgIpc) is 3.42. The van der Waals surface area contributed by atoms with Gasteiger partial charge in [-0.25, -0.2) is 4.99 Å². The van der Waals surface area contributed by atoms with Crippen molar-refractivity contribution in [3.05, 3.63) is 42.5 Å². The third kappa shape index (κ3) is 4.43. The number of hydrogen-bond donors (Lipinski definition) is 1. The Labute approximate surface area is 177 Å². The highest BCUT2D eigenvalue weighted by Crippen LogP contribution is 2.38. The van der Waals surface area contributed by atoms with Crippen LogP contribution in [0.5, 0.6) is 0 Å². The normalized spacial score (nSPS) is 22.3. The summed E-state index contributed by atoms with van der Waals surface area (Å²) in [7, 11) is 0. The van der Waals surface area contributed by atoms with Crippen LogP contribution in [0.1, 0.15) is 25.6 Å². The van der Waals surface area contributed by atoms with Crippen LogP contribution in [0.4, 0.5) is 0 Å². The van der Waals surface area contributed by atoms with Crippen LogP contribution in [-0.4, -0.2) is 58.5 Å². The standard InChI is InChI=1S/C19H26N6O.HI/c1-2-20-18(24-10-8-19(13-24)9-11-26-14-19)21-12-17-23-22-15-25(17)16-6-4-3-5-7-16;/h3-7,15H,2,8-14H2,1H3,(H,20,21);1H. The van der Waals surface area contributed by atoms with Crippen LogP contribution in [-0.2, 0) is 11.3 Å². The molecule has 0 aliphatic carbocycles. The number of aromatic nitrogens is 3. The molecule has 0 bridgehead atoms. The van der Waals surface area contributed by atoms with Gasteiger partial charge in [-0.1, -0.05) is 18.2 Å². The molecule has 2 fully saturated rings. The molecule has 2 aliphatic rings. The molecular weight excluding hydrogens is 455 g/mol. The van der Waals surface area contributed by atoms with Gasteiger partial charge in [0, 0.05) is 37.3 Å². The Morgan fingerprint density at radius 2 is 2.15 bits per heavy atom. The summed E-state index contributed by atoms with van der Waals surface area (Å²) in [4.78, 5) is 7.21. The van der Waals surface area contributed by atoms with E-state index in [0.717, 1.165) is 56.7 Å². The van der Waals surface area contributed by atoms with E-state index in [9.17, 15) is 0 Å². The molecule has 1 spiro atoms. The lowest BCUT2D eigenvalue weighted by Gasteiger charge is -2.24. The number of hydrogen-bond acceptors (Lipinski definition) is 4. The van der Waals surface area contributed by atoms with E-state index in [1.54, 1.807) is 6.33 Å². The largest absolute Gasteiger partial charge is 0.381 e. The van der Waals surface area contributed by atoms with E-state index in [2.05, 4.69) is 27.3 Å². The molecule has 3 heterocycles. The molecule has 0 saturated carbocycles. The van der Waals surface area contributed by atoms with Crippen LogP contribution in [0, 0.1) is 5.41 Å². The third-order valence-corrected chi connectivity index (χ3v) is 5.28. The summed E-state index contributed by atoms with van der Waals surface area (Å²) in [6.45, 7) is 7.27. The van der Waals surface area contributed by atoms with Crippen LogP contribution in [0.15, 0.2) is 41.7 Å². The molecule has 1 atom stereocenters. The summed E-state index contributed by atoms with van der Waals surface area (Å²) in [6, 6.07) is 10.1. The van der Waals surface area contributed by atoms with Crippen LogP contribution < -0.4 is 5.32 Å². The Morgan fingerprint density at radius 3 is 2.89 bits per heavy atom. The summed E-state index contributed by atoms with van der Waals surface area (Å²) in [6.07, 6.45) is 4.08.